The summed E-state index contributed by atoms with van der Waals surface area (Å²) in [4.78, 5) is 14.5. The Balaban J connectivity index is 1.69. The molecule has 24 heavy (non-hydrogen) atoms. The number of amides is 1. The molecule has 1 heterocycles. The summed E-state index contributed by atoms with van der Waals surface area (Å²) in [6, 6.07) is 7.59. The first-order valence-electron chi connectivity index (χ1n) is 8.27. The van der Waals surface area contributed by atoms with Gasteiger partial charge in [0, 0.05) is 30.9 Å². The summed E-state index contributed by atoms with van der Waals surface area (Å²) in [7, 11) is 1.85. The second-order valence-electron chi connectivity index (χ2n) is 6.43. The van der Waals surface area contributed by atoms with Gasteiger partial charge in [0.05, 0.1) is 17.4 Å². The van der Waals surface area contributed by atoms with E-state index in [0.717, 1.165) is 31.4 Å². The van der Waals surface area contributed by atoms with E-state index in [1.54, 1.807) is 23.1 Å². The molecule has 1 aromatic carbocycles. The molecule has 2 aromatic rings. The van der Waals surface area contributed by atoms with Gasteiger partial charge >= 0.3 is 0 Å². The van der Waals surface area contributed by atoms with E-state index in [2.05, 4.69) is 5.10 Å². The lowest BCUT2D eigenvalue weighted by atomic mass is 9.86. The largest absolute Gasteiger partial charge is 0.396 e. The molecule has 0 bridgehead atoms. The molecule has 1 aliphatic carbocycles. The molecule has 128 valence electrons. The first-order valence-corrected chi connectivity index (χ1v) is 8.65. The smallest absolute Gasteiger partial charge is 0.257 e. The molecule has 1 saturated carbocycles. The molecule has 3 rings (SSSR count). The lowest BCUT2D eigenvalue weighted by Crippen LogP contribution is -2.39. The van der Waals surface area contributed by atoms with Crippen molar-refractivity contribution in [1.82, 2.24) is 14.7 Å². The number of benzene rings is 1. The predicted octanol–water partition coefficient (Wildman–Crippen LogP) is 3.15. The highest BCUT2D eigenvalue weighted by molar-refractivity contribution is 6.30. The first kappa shape index (κ1) is 17.0. The van der Waals surface area contributed by atoms with E-state index >= 15 is 0 Å². The number of rotatable bonds is 4. The van der Waals surface area contributed by atoms with Gasteiger partial charge in [-0.15, -0.1) is 0 Å². The van der Waals surface area contributed by atoms with E-state index in [-0.39, 0.29) is 18.6 Å². The average molecular weight is 348 g/mol. The van der Waals surface area contributed by atoms with Crippen LogP contribution in [-0.4, -0.2) is 45.4 Å². The molecule has 1 amide bonds. The summed E-state index contributed by atoms with van der Waals surface area (Å²) in [5.74, 6) is 0.367. The zero-order valence-electron chi connectivity index (χ0n) is 13.7. The summed E-state index contributed by atoms with van der Waals surface area (Å²) < 4.78 is 1.66. The minimum atomic E-state index is -0.0178. The molecular formula is C18H22ClN3O2. The molecular weight excluding hydrogens is 326 g/mol. The van der Waals surface area contributed by atoms with Crippen LogP contribution in [0.4, 0.5) is 0 Å². The molecule has 5 nitrogen and oxygen atoms in total. The summed E-state index contributed by atoms with van der Waals surface area (Å²) in [5.41, 5.74) is 1.40. The van der Waals surface area contributed by atoms with Gasteiger partial charge in [0.25, 0.3) is 5.91 Å². The molecule has 0 unspecified atom stereocenters. The highest BCUT2D eigenvalue weighted by atomic mass is 35.5. The predicted molar refractivity (Wildman–Crippen MR) is 93.5 cm³/mol. The van der Waals surface area contributed by atoms with E-state index in [1.165, 1.54) is 0 Å². The van der Waals surface area contributed by atoms with Crippen LogP contribution in [0.15, 0.2) is 36.7 Å². The van der Waals surface area contributed by atoms with Gasteiger partial charge in [-0.2, -0.15) is 5.10 Å². The van der Waals surface area contributed by atoms with E-state index in [1.807, 2.05) is 30.1 Å². The fourth-order valence-electron chi connectivity index (χ4n) is 3.28. The molecule has 0 aliphatic heterocycles. The molecule has 6 heteroatoms. The summed E-state index contributed by atoms with van der Waals surface area (Å²) in [6.07, 6.45) is 7.16. The normalized spacial score (nSPS) is 20.8. The number of carbonyl (C=O) groups is 1. The highest BCUT2D eigenvalue weighted by Gasteiger charge is 2.27. The maximum Gasteiger partial charge on any atom is 0.257 e. The molecule has 1 aliphatic rings. The SMILES string of the molecule is CN(C(=O)c1cnn(-c2cccc(Cl)c2)c1)C1CCC(CO)CC1. The lowest BCUT2D eigenvalue weighted by molar-refractivity contribution is 0.0653. The third-order valence-electron chi connectivity index (χ3n) is 4.84. The number of aliphatic hydroxyl groups excluding tert-OH is 1. The number of hydrogen-bond acceptors (Lipinski definition) is 3. The minimum absolute atomic E-state index is 0.0178. The lowest BCUT2D eigenvalue weighted by Gasteiger charge is -2.34. The molecule has 1 N–H and O–H groups in total. The summed E-state index contributed by atoms with van der Waals surface area (Å²) >= 11 is 6.01. The van der Waals surface area contributed by atoms with E-state index in [9.17, 15) is 9.90 Å². The van der Waals surface area contributed by atoms with E-state index in [0.29, 0.717) is 16.5 Å². The number of nitrogens with zero attached hydrogens (tertiary/aromatic N) is 3. The Bertz CT molecular complexity index is 708. The molecule has 0 spiro atoms. The summed E-state index contributed by atoms with van der Waals surface area (Å²) in [5, 5.41) is 14.1. The molecule has 0 saturated heterocycles. The van der Waals surface area contributed by atoms with Crippen LogP contribution >= 0.6 is 11.6 Å². The second kappa shape index (κ2) is 7.36. The van der Waals surface area contributed by atoms with Crippen molar-refractivity contribution < 1.29 is 9.90 Å². The highest BCUT2D eigenvalue weighted by Crippen LogP contribution is 2.27. The van der Waals surface area contributed by atoms with Crippen molar-refractivity contribution in [3.8, 4) is 5.69 Å². The van der Waals surface area contributed by atoms with Gasteiger partial charge in [0.1, 0.15) is 0 Å². The van der Waals surface area contributed by atoms with Gasteiger partial charge in [-0.05, 0) is 49.8 Å². The Labute approximate surface area is 146 Å². The van der Waals surface area contributed by atoms with Crippen molar-refractivity contribution in [2.45, 2.75) is 31.7 Å². The van der Waals surface area contributed by atoms with Crippen LogP contribution in [0.5, 0.6) is 0 Å². The Morgan fingerprint density at radius 2 is 2.12 bits per heavy atom. The van der Waals surface area contributed by atoms with Crippen molar-refractivity contribution in [2.24, 2.45) is 5.92 Å². The van der Waals surface area contributed by atoms with Gasteiger partial charge in [0.2, 0.25) is 0 Å². The van der Waals surface area contributed by atoms with Gasteiger partial charge in [0.15, 0.2) is 0 Å². The van der Waals surface area contributed by atoms with Crippen LogP contribution < -0.4 is 0 Å². The van der Waals surface area contributed by atoms with Crippen LogP contribution in [0.1, 0.15) is 36.0 Å². The molecule has 0 atom stereocenters. The Hall–Kier alpha value is -1.85. The maximum absolute atomic E-state index is 12.7. The van der Waals surface area contributed by atoms with Crippen molar-refractivity contribution in [3.63, 3.8) is 0 Å². The molecule has 1 aromatic heterocycles. The maximum atomic E-state index is 12.7. The minimum Gasteiger partial charge on any atom is -0.396 e. The van der Waals surface area contributed by atoms with Crippen LogP contribution in [0.3, 0.4) is 0 Å². The fourth-order valence-corrected chi connectivity index (χ4v) is 3.46. The number of hydrogen-bond donors (Lipinski definition) is 1. The fraction of sp³-hybridized carbons (Fsp3) is 0.444. The Morgan fingerprint density at radius 3 is 2.79 bits per heavy atom. The zero-order chi connectivity index (χ0) is 17.1. The molecule has 1 fully saturated rings. The van der Waals surface area contributed by atoms with Crippen LogP contribution in [-0.2, 0) is 0 Å². The topological polar surface area (TPSA) is 58.4 Å². The second-order valence-corrected chi connectivity index (χ2v) is 6.86. The van der Waals surface area contributed by atoms with E-state index in [4.69, 9.17) is 11.6 Å². The van der Waals surface area contributed by atoms with Crippen LogP contribution in [0.2, 0.25) is 5.02 Å². The van der Waals surface area contributed by atoms with Crippen molar-refractivity contribution >= 4 is 17.5 Å². The average Bonchev–Trinajstić information content (AvgIpc) is 3.10. The van der Waals surface area contributed by atoms with Crippen molar-refractivity contribution in [1.29, 1.82) is 0 Å². The number of aromatic nitrogens is 2. The Morgan fingerprint density at radius 1 is 1.38 bits per heavy atom. The van der Waals surface area contributed by atoms with Crippen LogP contribution in [0, 0.1) is 5.92 Å². The van der Waals surface area contributed by atoms with Gasteiger partial charge in [-0.3, -0.25) is 4.79 Å². The van der Waals surface area contributed by atoms with Gasteiger partial charge < -0.3 is 10.0 Å². The Kier molecular flexibility index (Phi) is 5.21. The molecule has 0 radical (unpaired) electrons. The third-order valence-corrected chi connectivity index (χ3v) is 5.08. The standard InChI is InChI=1S/C18H22ClN3O2/c1-21(16-7-5-13(12-23)6-8-16)18(24)14-10-20-22(11-14)17-4-2-3-15(19)9-17/h2-4,9-11,13,16,23H,5-8,12H2,1H3. The van der Waals surface area contributed by atoms with Gasteiger partial charge in [-0.1, -0.05) is 17.7 Å². The van der Waals surface area contributed by atoms with Crippen LogP contribution in [0.25, 0.3) is 5.69 Å². The third kappa shape index (κ3) is 3.62. The van der Waals surface area contributed by atoms with E-state index < -0.39 is 0 Å². The van der Waals surface area contributed by atoms with Gasteiger partial charge in [-0.25, -0.2) is 4.68 Å². The van der Waals surface area contributed by atoms with Crippen molar-refractivity contribution in [2.75, 3.05) is 13.7 Å². The summed E-state index contributed by atoms with van der Waals surface area (Å²) in [6.45, 7) is 0.247. The number of halogens is 1. The zero-order valence-corrected chi connectivity index (χ0v) is 14.5. The number of carbonyl (C=O) groups excluding carboxylic acids is 1. The quantitative estimate of drug-likeness (QED) is 0.924. The van der Waals surface area contributed by atoms with Crippen molar-refractivity contribution in [3.05, 3.63) is 47.2 Å². The number of aliphatic hydroxyl groups is 1. The first-order chi connectivity index (χ1) is 11.6. The monoisotopic (exact) mass is 347 g/mol.